The summed E-state index contributed by atoms with van der Waals surface area (Å²) in [6.07, 6.45) is 0. The molecule has 3 rings (SSSR count). The van der Waals surface area contributed by atoms with E-state index in [2.05, 4.69) is 39.8 Å². The molecular weight excluding hydrogens is 354 g/mol. The van der Waals surface area contributed by atoms with E-state index in [-0.39, 0.29) is 11.8 Å². The molecule has 1 aromatic carbocycles. The molecule has 6 heteroatoms. The van der Waals surface area contributed by atoms with Crippen molar-refractivity contribution in [2.45, 2.75) is 33.2 Å². The molecule has 0 spiro atoms. The first-order valence-corrected chi connectivity index (χ1v) is 10.0. The summed E-state index contributed by atoms with van der Waals surface area (Å²) in [6.45, 7) is 8.27. The molecule has 0 fully saturated rings. The summed E-state index contributed by atoms with van der Waals surface area (Å²) >= 11 is 11.4. The summed E-state index contributed by atoms with van der Waals surface area (Å²) in [6, 6.07) is 4.22. The highest BCUT2D eigenvalue weighted by molar-refractivity contribution is 7.80. The van der Waals surface area contributed by atoms with Crippen molar-refractivity contribution >= 4 is 56.1 Å². The van der Waals surface area contributed by atoms with Gasteiger partial charge in [-0.05, 0) is 51.0 Å². The fourth-order valence-corrected chi connectivity index (χ4v) is 6.39. The molecule has 1 aliphatic rings. The van der Waals surface area contributed by atoms with Crippen molar-refractivity contribution in [2.75, 3.05) is 10.8 Å². The van der Waals surface area contributed by atoms with E-state index in [1.54, 1.807) is 20.7 Å². The Morgan fingerprint density at radius 1 is 1.27 bits per heavy atom. The third kappa shape index (κ3) is 2.18. The Morgan fingerprint density at radius 3 is 2.55 bits per heavy atom. The lowest BCUT2D eigenvalue weighted by Crippen LogP contribution is -2.48. The van der Waals surface area contributed by atoms with Gasteiger partial charge in [0.05, 0.1) is 16.1 Å². The normalized spacial score (nSPS) is 15.4. The maximum Gasteiger partial charge on any atom is 0.242 e. The van der Waals surface area contributed by atoms with Crippen LogP contribution in [0.15, 0.2) is 12.1 Å². The molecule has 0 saturated carbocycles. The minimum Gasteiger partial charge on any atom is -0.300 e. The Labute approximate surface area is 147 Å². The van der Waals surface area contributed by atoms with E-state index >= 15 is 0 Å². The van der Waals surface area contributed by atoms with Crippen molar-refractivity contribution in [2.24, 2.45) is 0 Å². The molecule has 1 aromatic heterocycles. The van der Waals surface area contributed by atoms with Gasteiger partial charge < -0.3 is 4.90 Å². The van der Waals surface area contributed by atoms with Crippen LogP contribution in [-0.4, -0.2) is 11.8 Å². The van der Waals surface area contributed by atoms with Crippen molar-refractivity contribution in [3.8, 4) is 11.1 Å². The highest BCUT2D eigenvalue weighted by atomic mass is 35.5. The van der Waals surface area contributed by atoms with Crippen LogP contribution in [0.2, 0.25) is 0 Å². The van der Waals surface area contributed by atoms with Gasteiger partial charge in [-0.2, -0.15) is 0 Å². The molecule has 1 aliphatic heterocycles. The second-order valence-corrected chi connectivity index (χ2v) is 9.12. The second-order valence-electron chi connectivity index (χ2n) is 6.03. The first kappa shape index (κ1) is 16.1. The summed E-state index contributed by atoms with van der Waals surface area (Å²) in [7, 11) is 3.27. The van der Waals surface area contributed by atoms with Gasteiger partial charge in [0, 0.05) is 11.1 Å². The smallest absolute Gasteiger partial charge is 0.242 e. The molecule has 116 valence electrons. The number of hydrogen-bond acceptors (Lipinski definition) is 4. The molecule has 0 unspecified atom stereocenters. The number of nitrogens with zero attached hydrogens (tertiary/aromatic N) is 1. The van der Waals surface area contributed by atoms with E-state index in [1.807, 2.05) is 4.90 Å². The fraction of sp³-hybridized carbons (Fsp3) is 0.375. The lowest BCUT2D eigenvalue weighted by molar-refractivity contribution is -0.117. The molecule has 0 aliphatic carbocycles. The van der Waals surface area contributed by atoms with Crippen LogP contribution in [0.5, 0.6) is 0 Å². The quantitative estimate of drug-likeness (QED) is 0.368. The van der Waals surface area contributed by atoms with Crippen LogP contribution in [0.1, 0.15) is 29.9 Å². The molecule has 2 nitrogen and oxygen atoms in total. The standard InChI is InChI=1S/C16H16ClNOS3/c1-8-5-10-11(6-9(8)2)18(12(19)7-17)16(3,4)14-13(10)15(20)22-21-14/h5-6H,7H2,1-4H3. The first-order valence-electron chi connectivity index (χ1n) is 6.93. The monoisotopic (exact) mass is 369 g/mol. The molecule has 0 radical (unpaired) electrons. The van der Waals surface area contributed by atoms with Gasteiger partial charge in [-0.3, -0.25) is 4.79 Å². The summed E-state index contributed by atoms with van der Waals surface area (Å²) in [4.78, 5) is 15.5. The Morgan fingerprint density at radius 2 is 1.91 bits per heavy atom. The molecule has 0 bridgehead atoms. The Bertz CT molecular complexity index is 834. The van der Waals surface area contributed by atoms with Crippen LogP contribution in [-0.2, 0) is 10.3 Å². The lowest BCUT2D eigenvalue weighted by atomic mass is 9.86. The van der Waals surface area contributed by atoms with Crippen molar-refractivity contribution in [3.05, 3.63) is 32.0 Å². The highest BCUT2D eigenvalue weighted by Gasteiger charge is 2.42. The van der Waals surface area contributed by atoms with Crippen LogP contribution < -0.4 is 4.90 Å². The molecular formula is C16H16ClNOS3. The minimum absolute atomic E-state index is 0.0271. The Hall–Kier alpha value is -0.750. The molecule has 2 aromatic rings. The van der Waals surface area contributed by atoms with Crippen LogP contribution in [0.25, 0.3) is 11.1 Å². The van der Waals surface area contributed by atoms with Crippen LogP contribution in [0.3, 0.4) is 0 Å². The molecule has 0 N–H and O–H groups in total. The number of alkyl halides is 1. The number of carbonyl (C=O) groups excluding carboxylic acids is 1. The number of aryl methyl sites for hydroxylation is 2. The second kappa shape index (κ2) is 5.41. The zero-order valence-electron chi connectivity index (χ0n) is 12.8. The van der Waals surface area contributed by atoms with Crippen molar-refractivity contribution in [1.82, 2.24) is 0 Å². The van der Waals surface area contributed by atoms with Crippen LogP contribution in [0, 0.1) is 17.7 Å². The van der Waals surface area contributed by atoms with E-state index in [4.69, 9.17) is 23.8 Å². The van der Waals surface area contributed by atoms with Gasteiger partial charge in [0.2, 0.25) is 5.91 Å². The summed E-state index contributed by atoms with van der Waals surface area (Å²) in [5.41, 5.74) is 5.02. The fourth-order valence-electron chi connectivity index (χ4n) is 2.99. The number of anilines is 1. The predicted octanol–water partition coefficient (Wildman–Crippen LogP) is 5.64. The Balaban J connectivity index is 2.42. The zero-order valence-corrected chi connectivity index (χ0v) is 16.0. The van der Waals surface area contributed by atoms with E-state index in [9.17, 15) is 4.79 Å². The molecule has 0 atom stereocenters. The number of fused-ring (bicyclic) bond motifs is 3. The lowest BCUT2D eigenvalue weighted by Gasteiger charge is -2.43. The molecule has 22 heavy (non-hydrogen) atoms. The van der Waals surface area contributed by atoms with Gasteiger partial charge in [-0.15, -0.1) is 11.6 Å². The average molecular weight is 370 g/mol. The number of rotatable bonds is 1. The van der Waals surface area contributed by atoms with E-state index in [0.717, 1.165) is 31.1 Å². The van der Waals surface area contributed by atoms with E-state index in [1.165, 1.54) is 5.56 Å². The van der Waals surface area contributed by atoms with Crippen molar-refractivity contribution in [3.63, 3.8) is 0 Å². The number of hydrogen-bond donors (Lipinski definition) is 0. The average Bonchev–Trinajstić information content (AvgIpc) is 2.84. The number of amides is 1. The van der Waals surface area contributed by atoms with Crippen LogP contribution >= 0.6 is 44.5 Å². The summed E-state index contributed by atoms with van der Waals surface area (Å²) < 4.78 is 0.899. The third-order valence-electron chi connectivity index (χ3n) is 4.23. The first-order chi connectivity index (χ1) is 10.3. The summed E-state index contributed by atoms with van der Waals surface area (Å²) in [5.74, 6) is -0.105. The van der Waals surface area contributed by atoms with E-state index in [0.29, 0.717) is 0 Å². The zero-order chi connectivity index (χ0) is 16.2. The van der Waals surface area contributed by atoms with Crippen molar-refractivity contribution in [1.29, 1.82) is 0 Å². The van der Waals surface area contributed by atoms with E-state index < -0.39 is 5.54 Å². The third-order valence-corrected chi connectivity index (χ3v) is 7.79. The molecule has 2 heterocycles. The molecule has 0 saturated heterocycles. The van der Waals surface area contributed by atoms with Gasteiger partial charge >= 0.3 is 0 Å². The van der Waals surface area contributed by atoms with Gasteiger partial charge in [-0.1, -0.05) is 32.9 Å². The number of halogens is 1. The van der Waals surface area contributed by atoms with Crippen LogP contribution in [0.4, 0.5) is 5.69 Å². The molecule has 1 amide bonds. The predicted molar refractivity (Wildman–Crippen MR) is 99.2 cm³/mol. The number of carbonyl (C=O) groups is 1. The minimum atomic E-state index is -0.436. The maximum absolute atomic E-state index is 12.5. The largest absolute Gasteiger partial charge is 0.300 e. The SMILES string of the molecule is Cc1cc2c(cc1C)N(C(=O)CCl)C(C)(C)c1ssc(=S)c1-2. The topological polar surface area (TPSA) is 20.3 Å². The summed E-state index contributed by atoms with van der Waals surface area (Å²) in [5, 5.41) is 0. The maximum atomic E-state index is 12.5. The van der Waals surface area contributed by atoms with Gasteiger partial charge in [0.25, 0.3) is 0 Å². The number of benzene rings is 1. The highest BCUT2D eigenvalue weighted by Crippen LogP contribution is 2.52. The van der Waals surface area contributed by atoms with Gasteiger partial charge in [0.1, 0.15) is 9.70 Å². The Kier molecular flexibility index (Phi) is 3.96. The van der Waals surface area contributed by atoms with Gasteiger partial charge in [-0.25, -0.2) is 0 Å². The van der Waals surface area contributed by atoms with Gasteiger partial charge in [0.15, 0.2) is 0 Å². The van der Waals surface area contributed by atoms with Crippen molar-refractivity contribution < 1.29 is 4.79 Å².